The summed E-state index contributed by atoms with van der Waals surface area (Å²) in [5.41, 5.74) is 0.704. The Morgan fingerprint density at radius 2 is 1.78 bits per heavy atom. The van der Waals surface area contributed by atoms with E-state index < -0.39 is 23.7 Å². The predicted molar refractivity (Wildman–Crippen MR) is 136 cm³/mol. The van der Waals surface area contributed by atoms with E-state index in [-0.39, 0.29) is 17.9 Å². The van der Waals surface area contributed by atoms with Crippen molar-refractivity contribution in [2.75, 3.05) is 11.5 Å². The molecule has 0 aliphatic carbocycles. The first-order valence-electron chi connectivity index (χ1n) is 10.8. The summed E-state index contributed by atoms with van der Waals surface area (Å²) in [6.45, 7) is 2.38. The minimum Gasteiger partial charge on any atom is -0.490 e. The Bertz CT molecular complexity index is 1380. The van der Waals surface area contributed by atoms with Crippen LogP contribution in [-0.4, -0.2) is 24.5 Å². The van der Waals surface area contributed by atoms with Crippen molar-refractivity contribution in [3.05, 3.63) is 92.7 Å². The first kappa shape index (κ1) is 25.4. The molecule has 36 heavy (non-hydrogen) atoms. The van der Waals surface area contributed by atoms with Gasteiger partial charge in [-0.2, -0.15) is 0 Å². The number of halogens is 3. The van der Waals surface area contributed by atoms with Gasteiger partial charge in [0.2, 0.25) is 0 Å². The molecule has 1 N–H and O–H groups in total. The molecule has 184 valence electrons. The standard InChI is InChI=1S/C26H19BrClFN2O5/c1-2-35-22-13-16(12-19(27)23(22)36-14-15-7-9-17(28)10-8-15)11-18-24(32)30-26(34)31(25(18)33)21-6-4-3-5-20(21)29/h3-13H,2,14H2,1H3,(H,30,32,34)/b18-11-. The number of urea groups is 1. The van der Waals surface area contributed by atoms with E-state index >= 15 is 0 Å². The third kappa shape index (κ3) is 5.42. The van der Waals surface area contributed by atoms with Gasteiger partial charge in [0.25, 0.3) is 11.8 Å². The Morgan fingerprint density at radius 3 is 2.47 bits per heavy atom. The summed E-state index contributed by atoms with van der Waals surface area (Å²) >= 11 is 9.39. The molecule has 4 amide bonds. The van der Waals surface area contributed by atoms with Gasteiger partial charge in [-0.15, -0.1) is 0 Å². The fourth-order valence-corrected chi connectivity index (χ4v) is 4.19. The monoisotopic (exact) mass is 572 g/mol. The Labute approximate surface area is 219 Å². The summed E-state index contributed by atoms with van der Waals surface area (Å²) in [5, 5.41) is 2.69. The van der Waals surface area contributed by atoms with Gasteiger partial charge >= 0.3 is 6.03 Å². The average molecular weight is 574 g/mol. The first-order valence-corrected chi connectivity index (χ1v) is 11.9. The van der Waals surface area contributed by atoms with Gasteiger partial charge in [-0.1, -0.05) is 35.9 Å². The van der Waals surface area contributed by atoms with Crippen molar-refractivity contribution in [3.8, 4) is 11.5 Å². The number of carbonyl (C=O) groups excluding carboxylic acids is 3. The highest BCUT2D eigenvalue weighted by Crippen LogP contribution is 2.38. The van der Waals surface area contributed by atoms with Crippen molar-refractivity contribution in [1.29, 1.82) is 0 Å². The molecule has 1 aliphatic heterocycles. The molecule has 7 nitrogen and oxygen atoms in total. The lowest BCUT2D eigenvalue weighted by Crippen LogP contribution is -2.54. The van der Waals surface area contributed by atoms with Gasteiger partial charge in [0.1, 0.15) is 18.0 Å². The molecule has 0 radical (unpaired) electrons. The highest BCUT2D eigenvalue weighted by Gasteiger charge is 2.38. The molecule has 0 bridgehead atoms. The number of imide groups is 2. The van der Waals surface area contributed by atoms with Gasteiger partial charge in [0.05, 0.1) is 16.8 Å². The number of hydrogen-bond acceptors (Lipinski definition) is 5. The molecule has 0 unspecified atom stereocenters. The highest BCUT2D eigenvalue weighted by atomic mass is 79.9. The molecule has 3 aromatic rings. The molecule has 1 saturated heterocycles. The number of ether oxygens (including phenoxy) is 2. The lowest BCUT2D eigenvalue weighted by Gasteiger charge is -2.26. The van der Waals surface area contributed by atoms with E-state index in [4.69, 9.17) is 21.1 Å². The number of barbiturate groups is 1. The second-order valence-electron chi connectivity index (χ2n) is 7.59. The quantitative estimate of drug-likeness (QED) is 0.282. The molecule has 0 spiro atoms. The minimum atomic E-state index is -1.03. The number of benzene rings is 3. The van der Waals surface area contributed by atoms with E-state index in [0.29, 0.717) is 38.1 Å². The van der Waals surface area contributed by atoms with Gasteiger partial charge in [0.15, 0.2) is 11.5 Å². The van der Waals surface area contributed by atoms with E-state index in [1.807, 2.05) is 12.1 Å². The summed E-state index contributed by atoms with van der Waals surface area (Å²) < 4.78 is 26.5. The zero-order chi connectivity index (χ0) is 25.8. The van der Waals surface area contributed by atoms with Gasteiger partial charge in [-0.05, 0) is 76.5 Å². The van der Waals surface area contributed by atoms with Crippen molar-refractivity contribution in [2.45, 2.75) is 13.5 Å². The molecule has 0 atom stereocenters. The van der Waals surface area contributed by atoms with Crippen LogP contribution in [0.2, 0.25) is 5.02 Å². The van der Waals surface area contributed by atoms with Crippen LogP contribution in [0.5, 0.6) is 11.5 Å². The molecule has 0 saturated carbocycles. The zero-order valence-corrected chi connectivity index (χ0v) is 21.2. The number of nitrogens with one attached hydrogen (secondary N) is 1. The number of anilines is 1. The first-order chi connectivity index (χ1) is 17.3. The summed E-state index contributed by atoms with van der Waals surface area (Å²) in [6.07, 6.45) is 1.30. The molecule has 1 fully saturated rings. The van der Waals surface area contributed by atoms with Crippen molar-refractivity contribution >= 4 is 57.1 Å². The Kier molecular flexibility index (Phi) is 7.71. The predicted octanol–water partition coefficient (Wildman–Crippen LogP) is 5.89. The maximum absolute atomic E-state index is 14.3. The van der Waals surface area contributed by atoms with Gasteiger partial charge in [0, 0.05) is 5.02 Å². The number of para-hydroxylation sites is 1. The number of hydrogen-bond donors (Lipinski definition) is 1. The van der Waals surface area contributed by atoms with Crippen LogP contribution in [0.3, 0.4) is 0 Å². The topological polar surface area (TPSA) is 84.9 Å². The smallest absolute Gasteiger partial charge is 0.336 e. The summed E-state index contributed by atoms with van der Waals surface area (Å²) in [6, 6.07) is 14.7. The maximum Gasteiger partial charge on any atom is 0.336 e. The van der Waals surface area contributed by atoms with E-state index in [0.717, 1.165) is 11.6 Å². The third-order valence-electron chi connectivity index (χ3n) is 5.13. The van der Waals surface area contributed by atoms with Crippen LogP contribution in [0, 0.1) is 5.82 Å². The van der Waals surface area contributed by atoms with E-state index in [1.165, 1.54) is 24.3 Å². The normalized spacial score (nSPS) is 14.7. The largest absolute Gasteiger partial charge is 0.490 e. The van der Waals surface area contributed by atoms with Crippen molar-refractivity contribution < 1.29 is 28.2 Å². The molecular formula is C26H19BrClFN2O5. The highest BCUT2D eigenvalue weighted by molar-refractivity contribution is 9.10. The Balaban J connectivity index is 1.66. The van der Waals surface area contributed by atoms with E-state index in [1.54, 1.807) is 31.2 Å². The summed E-state index contributed by atoms with van der Waals surface area (Å²) in [5.74, 6) is -1.83. The molecule has 10 heteroatoms. The van der Waals surface area contributed by atoms with Gasteiger partial charge in [-0.3, -0.25) is 14.9 Å². The van der Waals surface area contributed by atoms with E-state index in [9.17, 15) is 18.8 Å². The van der Waals surface area contributed by atoms with Crippen molar-refractivity contribution in [3.63, 3.8) is 0 Å². The second-order valence-corrected chi connectivity index (χ2v) is 8.88. The number of carbonyl (C=O) groups is 3. The van der Waals surface area contributed by atoms with E-state index in [2.05, 4.69) is 21.2 Å². The third-order valence-corrected chi connectivity index (χ3v) is 5.98. The lowest BCUT2D eigenvalue weighted by atomic mass is 10.1. The van der Waals surface area contributed by atoms with Crippen LogP contribution >= 0.6 is 27.5 Å². The van der Waals surface area contributed by atoms with Crippen LogP contribution in [-0.2, 0) is 16.2 Å². The molecule has 1 heterocycles. The summed E-state index contributed by atoms with van der Waals surface area (Å²) in [7, 11) is 0. The van der Waals surface area contributed by atoms with Gasteiger partial charge in [-0.25, -0.2) is 14.1 Å². The Morgan fingerprint density at radius 1 is 1.06 bits per heavy atom. The fraction of sp³-hybridized carbons (Fsp3) is 0.115. The SMILES string of the molecule is CCOc1cc(/C=C2/C(=O)NC(=O)N(c3ccccc3F)C2=O)cc(Br)c1OCc1ccc(Cl)cc1. The van der Waals surface area contributed by atoms with Crippen LogP contribution in [0.4, 0.5) is 14.9 Å². The number of amides is 4. The fourth-order valence-electron chi connectivity index (χ4n) is 3.49. The minimum absolute atomic E-state index is 0.247. The molecule has 3 aromatic carbocycles. The number of rotatable bonds is 7. The molecule has 0 aromatic heterocycles. The lowest BCUT2D eigenvalue weighted by molar-refractivity contribution is -0.122. The zero-order valence-electron chi connectivity index (χ0n) is 18.9. The van der Waals surface area contributed by atoms with Crippen LogP contribution in [0.15, 0.2) is 70.7 Å². The van der Waals surface area contributed by atoms with Crippen LogP contribution < -0.4 is 19.7 Å². The summed E-state index contributed by atoms with van der Waals surface area (Å²) in [4.78, 5) is 38.5. The molecule has 1 aliphatic rings. The molecule has 4 rings (SSSR count). The Hall–Kier alpha value is -3.69. The second kappa shape index (κ2) is 10.9. The maximum atomic E-state index is 14.3. The van der Waals surface area contributed by atoms with Gasteiger partial charge < -0.3 is 9.47 Å². The molecular weight excluding hydrogens is 555 g/mol. The number of nitrogens with zero attached hydrogens (tertiary/aromatic N) is 1. The van der Waals surface area contributed by atoms with Crippen LogP contribution in [0.25, 0.3) is 6.08 Å². The average Bonchev–Trinajstić information content (AvgIpc) is 2.83. The van der Waals surface area contributed by atoms with Crippen molar-refractivity contribution in [2.24, 2.45) is 0 Å². The van der Waals surface area contributed by atoms with Crippen LogP contribution in [0.1, 0.15) is 18.1 Å². The van der Waals surface area contributed by atoms with Crippen molar-refractivity contribution in [1.82, 2.24) is 5.32 Å².